The lowest BCUT2D eigenvalue weighted by Crippen LogP contribution is -2.35. The second-order valence-corrected chi connectivity index (χ2v) is 6.44. The highest BCUT2D eigenvalue weighted by molar-refractivity contribution is 7.07. The van der Waals surface area contributed by atoms with Crippen LogP contribution in [-0.2, 0) is 11.3 Å². The molecule has 1 amide bonds. The summed E-state index contributed by atoms with van der Waals surface area (Å²) < 4.78 is 0. The van der Waals surface area contributed by atoms with E-state index in [1.54, 1.807) is 11.3 Å². The molecule has 1 aliphatic rings. The van der Waals surface area contributed by atoms with E-state index < -0.39 is 0 Å². The Labute approximate surface area is 129 Å². The fourth-order valence-corrected chi connectivity index (χ4v) is 3.59. The molecule has 1 heterocycles. The monoisotopic (exact) mass is 300 g/mol. The number of anilines is 1. The molecule has 3 nitrogen and oxygen atoms in total. The summed E-state index contributed by atoms with van der Waals surface area (Å²) in [5.41, 5.74) is 8.12. The smallest absolute Gasteiger partial charge is 0.230 e. The van der Waals surface area contributed by atoms with E-state index in [4.69, 9.17) is 5.73 Å². The Bertz CT molecular complexity index is 582. The van der Waals surface area contributed by atoms with Crippen LogP contribution in [0.15, 0.2) is 47.2 Å². The third-order valence-electron chi connectivity index (χ3n) is 4.08. The summed E-state index contributed by atoms with van der Waals surface area (Å²) >= 11 is 1.66. The Balaban J connectivity index is 1.83. The lowest BCUT2D eigenvalue weighted by atomic mass is 10.1. The van der Waals surface area contributed by atoms with Gasteiger partial charge in [0.25, 0.3) is 0 Å². The molecule has 4 heteroatoms. The van der Waals surface area contributed by atoms with Gasteiger partial charge in [0.1, 0.15) is 0 Å². The van der Waals surface area contributed by atoms with E-state index in [1.807, 2.05) is 35.2 Å². The lowest BCUT2D eigenvalue weighted by Gasteiger charge is -2.25. The predicted molar refractivity (Wildman–Crippen MR) is 87.3 cm³/mol. The minimum absolute atomic E-state index is 0.0684. The number of hydrogen-bond acceptors (Lipinski definition) is 3. The van der Waals surface area contributed by atoms with Gasteiger partial charge in [-0.1, -0.05) is 18.2 Å². The van der Waals surface area contributed by atoms with Crippen molar-refractivity contribution in [2.45, 2.75) is 31.8 Å². The number of carbonyl (C=O) groups is 1. The average Bonchev–Trinajstić information content (AvgIpc) is 3.16. The Kier molecular flexibility index (Phi) is 4.36. The average molecular weight is 300 g/mol. The van der Waals surface area contributed by atoms with Gasteiger partial charge < -0.3 is 10.6 Å². The largest absolute Gasteiger partial charge is 0.328 e. The lowest BCUT2D eigenvalue weighted by molar-refractivity contribution is -0.122. The number of benzene rings is 1. The molecule has 1 saturated carbocycles. The van der Waals surface area contributed by atoms with Crippen LogP contribution in [0, 0.1) is 5.92 Å². The van der Waals surface area contributed by atoms with E-state index >= 15 is 0 Å². The molecular formula is C17H20N2OS. The molecule has 2 atom stereocenters. The summed E-state index contributed by atoms with van der Waals surface area (Å²) in [5, 5.41) is 4.15. The van der Waals surface area contributed by atoms with Crippen LogP contribution in [0.5, 0.6) is 0 Å². The minimum atomic E-state index is 0.0684. The van der Waals surface area contributed by atoms with E-state index in [9.17, 15) is 4.79 Å². The summed E-state index contributed by atoms with van der Waals surface area (Å²) in [6, 6.07) is 12.2. The van der Waals surface area contributed by atoms with Crippen molar-refractivity contribution in [3.8, 4) is 0 Å². The fraction of sp³-hybridized carbons (Fsp3) is 0.353. The van der Waals surface area contributed by atoms with E-state index in [1.165, 1.54) is 5.56 Å². The van der Waals surface area contributed by atoms with Gasteiger partial charge in [-0.15, -0.1) is 0 Å². The summed E-state index contributed by atoms with van der Waals surface area (Å²) in [5.74, 6) is 0.277. The van der Waals surface area contributed by atoms with Crippen molar-refractivity contribution in [3.63, 3.8) is 0 Å². The van der Waals surface area contributed by atoms with Crippen molar-refractivity contribution in [1.82, 2.24) is 0 Å². The minimum Gasteiger partial charge on any atom is -0.328 e. The van der Waals surface area contributed by atoms with Crippen LogP contribution in [0.3, 0.4) is 0 Å². The van der Waals surface area contributed by atoms with Crippen molar-refractivity contribution < 1.29 is 4.79 Å². The number of nitrogens with two attached hydrogens (primary N) is 1. The van der Waals surface area contributed by atoms with Gasteiger partial charge in [-0.3, -0.25) is 4.79 Å². The van der Waals surface area contributed by atoms with Crippen molar-refractivity contribution in [1.29, 1.82) is 0 Å². The Hall–Kier alpha value is -1.65. The van der Waals surface area contributed by atoms with E-state index in [0.717, 1.165) is 24.9 Å². The molecule has 21 heavy (non-hydrogen) atoms. The van der Waals surface area contributed by atoms with Crippen molar-refractivity contribution in [3.05, 3.63) is 52.7 Å². The number of carbonyl (C=O) groups excluding carboxylic acids is 1. The van der Waals surface area contributed by atoms with E-state index in [0.29, 0.717) is 6.54 Å². The first-order valence-corrected chi connectivity index (χ1v) is 8.31. The highest BCUT2D eigenvalue weighted by Crippen LogP contribution is 2.29. The SMILES string of the molecule is N[C@@H]1CC[C@@H](C(=O)N(Cc2ccsc2)c2ccccc2)C1. The van der Waals surface area contributed by atoms with Crippen molar-refractivity contribution >= 4 is 22.9 Å². The second-order valence-electron chi connectivity index (χ2n) is 5.66. The maximum atomic E-state index is 12.9. The molecule has 0 saturated heterocycles. The summed E-state index contributed by atoms with van der Waals surface area (Å²) in [6.07, 6.45) is 2.68. The quantitative estimate of drug-likeness (QED) is 0.940. The van der Waals surface area contributed by atoms with Gasteiger partial charge in [0.15, 0.2) is 0 Å². The maximum absolute atomic E-state index is 12.9. The summed E-state index contributed by atoms with van der Waals surface area (Å²) in [7, 11) is 0. The number of nitrogens with zero attached hydrogens (tertiary/aromatic N) is 1. The number of amides is 1. The third-order valence-corrected chi connectivity index (χ3v) is 4.81. The van der Waals surface area contributed by atoms with Gasteiger partial charge in [0.05, 0.1) is 6.54 Å². The van der Waals surface area contributed by atoms with Gasteiger partial charge in [-0.2, -0.15) is 11.3 Å². The standard InChI is InChI=1S/C17H20N2OS/c18-15-7-6-14(10-15)17(20)19(11-13-8-9-21-12-13)16-4-2-1-3-5-16/h1-5,8-9,12,14-15H,6-7,10-11,18H2/t14-,15-/m1/s1. The molecule has 1 aromatic heterocycles. The second kappa shape index (κ2) is 6.41. The van der Waals surface area contributed by atoms with Crippen LogP contribution < -0.4 is 10.6 Å². The van der Waals surface area contributed by atoms with Crippen LogP contribution in [0.2, 0.25) is 0 Å². The van der Waals surface area contributed by atoms with E-state index in [-0.39, 0.29) is 17.9 Å². The van der Waals surface area contributed by atoms with Crippen LogP contribution >= 0.6 is 11.3 Å². The summed E-state index contributed by atoms with van der Waals surface area (Å²) in [4.78, 5) is 14.8. The molecular weight excluding hydrogens is 280 g/mol. The van der Waals surface area contributed by atoms with Crippen LogP contribution in [-0.4, -0.2) is 11.9 Å². The fourth-order valence-electron chi connectivity index (χ4n) is 2.93. The zero-order valence-electron chi connectivity index (χ0n) is 11.9. The Morgan fingerprint density at radius 1 is 1.24 bits per heavy atom. The molecule has 2 N–H and O–H groups in total. The molecule has 1 aromatic carbocycles. The molecule has 0 unspecified atom stereocenters. The van der Waals surface area contributed by atoms with Gasteiger partial charge in [-0.05, 0) is 53.8 Å². The molecule has 3 rings (SSSR count). The van der Waals surface area contributed by atoms with Crippen LogP contribution in [0.4, 0.5) is 5.69 Å². The van der Waals surface area contributed by atoms with E-state index in [2.05, 4.69) is 16.8 Å². The zero-order chi connectivity index (χ0) is 14.7. The number of thiophene rings is 1. The van der Waals surface area contributed by atoms with Gasteiger partial charge in [0, 0.05) is 17.6 Å². The van der Waals surface area contributed by atoms with Gasteiger partial charge in [-0.25, -0.2) is 0 Å². The first-order valence-electron chi connectivity index (χ1n) is 7.37. The van der Waals surface area contributed by atoms with Gasteiger partial charge >= 0.3 is 0 Å². The predicted octanol–water partition coefficient (Wildman–Crippen LogP) is 3.41. The molecule has 0 radical (unpaired) electrons. The molecule has 110 valence electrons. The normalized spacial score (nSPS) is 21.4. The molecule has 0 spiro atoms. The third kappa shape index (κ3) is 3.34. The Morgan fingerprint density at radius 2 is 2.05 bits per heavy atom. The molecule has 2 aromatic rings. The van der Waals surface area contributed by atoms with Gasteiger partial charge in [0.2, 0.25) is 5.91 Å². The molecule has 1 fully saturated rings. The zero-order valence-corrected chi connectivity index (χ0v) is 12.8. The summed E-state index contributed by atoms with van der Waals surface area (Å²) in [6.45, 7) is 0.637. The number of rotatable bonds is 4. The first-order chi connectivity index (χ1) is 10.2. The van der Waals surface area contributed by atoms with Crippen molar-refractivity contribution in [2.75, 3.05) is 4.90 Å². The first kappa shape index (κ1) is 14.3. The van der Waals surface area contributed by atoms with Crippen molar-refractivity contribution in [2.24, 2.45) is 11.7 Å². The molecule has 1 aliphatic carbocycles. The number of para-hydroxylation sites is 1. The Morgan fingerprint density at radius 3 is 2.67 bits per heavy atom. The van der Waals surface area contributed by atoms with Crippen LogP contribution in [0.25, 0.3) is 0 Å². The number of hydrogen-bond donors (Lipinski definition) is 1. The highest BCUT2D eigenvalue weighted by atomic mass is 32.1. The highest BCUT2D eigenvalue weighted by Gasteiger charge is 2.31. The molecule has 0 bridgehead atoms. The van der Waals surface area contributed by atoms with Crippen LogP contribution in [0.1, 0.15) is 24.8 Å². The topological polar surface area (TPSA) is 46.3 Å². The maximum Gasteiger partial charge on any atom is 0.230 e. The molecule has 0 aliphatic heterocycles.